The molecule has 186 valence electrons. The summed E-state index contributed by atoms with van der Waals surface area (Å²) >= 11 is 6.36. The van der Waals surface area contributed by atoms with Gasteiger partial charge in [0.05, 0.1) is 30.4 Å². The molecule has 6 nitrogen and oxygen atoms in total. The summed E-state index contributed by atoms with van der Waals surface area (Å²) in [5.41, 5.74) is 3.29. The van der Waals surface area contributed by atoms with Crippen LogP contribution in [0, 0.1) is 13.8 Å². The lowest BCUT2D eigenvalue weighted by molar-refractivity contribution is -0.132. The molecule has 0 radical (unpaired) electrons. The van der Waals surface area contributed by atoms with Crippen molar-refractivity contribution in [2.24, 2.45) is 0 Å². The molecule has 1 atom stereocenters. The molecular formula is C29H28ClNO5. The average molecular weight is 506 g/mol. The van der Waals surface area contributed by atoms with Crippen molar-refractivity contribution in [1.29, 1.82) is 0 Å². The number of ether oxygens (including phenoxy) is 2. The van der Waals surface area contributed by atoms with Crippen molar-refractivity contribution >= 4 is 34.7 Å². The first-order valence-electron chi connectivity index (χ1n) is 11.7. The van der Waals surface area contributed by atoms with Crippen LogP contribution in [-0.2, 0) is 9.59 Å². The van der Waals surface area contributed by atoms with Crippen LogP contribution in [0.5, 0.6) is 11.5 Å². The molecule has 7 heteroatoms. The fourth-order valence-electron chi connectivity index (χ4n) is 4.42. The summed E-state index contributed by atoms with van der Waals surface area (Å²) in [4.78, 5) is 28.2. The first-order valence-corrected chi connectivity index (χ1v) is 12.1. The largest absolute Gasteiger partial charge is 0.507 e. The zero-order chi connectivity index (χ0) is 26.0. The number of ketones is 1. The van der Waals surface area contributed by atoms with Crippen LogP contribution < -0.4 is 14.4 Å². The van der Waals surface area contributed by atoms with Gasteiger partial charge in [-0.1, -0.05) is 42.8 Å². The summed E-state index contributed by atoms with van der Waals surface area (Å²) in [5.74, 6) is -0.598. The molecule has 1 aliphatic rings. The molecule has 0 aliphatic carbocycles. The van der Waals surface area contributed by atoms with Gasteiger partial charge in [0, 0.05) is 11.3 Å². The number of amides is 1. The maximum absolute atomic E-state index is 13.4. The first-order chi connectivity index (χ1) is 17.3. The van der Waals surface area contributed by atoms with Gasteiger partial charge < -0.3 is 14.6 Å². The van der Waals surface area contributed by atoms with E-state index in [1.165, 1.54) is 12.0 Å². The normalized spacial score (nSPS) is 16.9. The summed E-state index contributed by atoms with van der Waals surface area (Å²) in [6.07, 6.45) is 0.871. The minimum atomic E-state index is -0.841. The third-order valence-electron chi connectivity index (χ3n) is 6.25. The van der Waals surface area contributed by atoms with Crippen LogP contribution in [-0.4, -0.2) is 30.5 Å². The Morgan fingerprint density at radius 2 is 1.72 bits per heavy atom. The summed E-state index contributed by atoms with van der Waals surface area (Å²) in [6, 6.07) is 16.8. The maximum atomic E-state index is 13.4. The van der Waals surface area contributed by atoms with Crippen LogP contribution in [0.3, 0.4) is 0 Å². The Kier molecular flexibility index (Phi) is 7.36. The minimum Gasteiger partial charge on any atom is -0.507 e. The number of aliphatic hydroxyl groups is 1. The van der Waals surface area contributed by atoms with E-state index in [2.05, 4.69) is 0 Å². The minimum absolute atomic E-state index is 0.0165. The lowest BCUT2D eigenvalue weighted by atomic mass is 9.92. The number of benzene rings is 3. The fourth-order valence-corrected chi connectivity index (χ4v) is 4.67. The topological polar surface area (TPSA) is 76.1 Å². The van der Waals surface area contributed by atoms with Crippen molar-refractivity contribution in [1.82, 2.24) is 0 Å². The maximum Gasteiger partial charge on any atom is 0.300 e. The quantitative estimate of drug-likeness (QED) is 0.229. The highest BCUT2D eigenvalue weighted by Crippen LogP contribution is 2.44. The number of hydrogen-bond donors (Lipinski definition) is 1. The van der Waals surface area contributed by atoms with Gasteiger partial charge in [-0.2, -0.15) is 0 Å². The van der Waals surface area contributed by atoms with Crippen LogP contribution in [0.25, 0.3) is 5.76 Å². The molecule has 3 aromatic carbocycles. The number of nitrogens with zero attached hydrogens (tertiary/aromatic N) is 1. The standard InChI is InChI=1S/C29H28ClNO5/c1-5-14-36-23-12-10-19(15-18(23)3)27(32)25-26(21-9-7-6-8-17(21)2)31(29(34)28(25)33)20-11-13-24(35-4)22(30)16-20/h6-13,15-16,26,32H,5,14H2,1-4H3/b27-25+. The monoisotopic (exact) mass is 505 g/mol. The summed E-state index contributed by atoms with van der Waals surface area (Å²) < 4.78 is 11.0. The van der Waals surface area contributed by atoms with Crippen LogP contribution in [0.15, 0.2) is 66.2 Å². The molecule has 1 N–H and O–H groups in total. The number of aryl methyl sites for hydroxylation is 2. The van der Waals surface area contributed by atoms with E-state index in [0.29, 0.717) is 34.4 Å². The molecule has 1 amide bonds. The number of rotatable bonds is 7. The van der Waals surface area contributed by atoms with Crippen molar-refractivity contribution in [3.63, 3.8) is 0 Å². The zero-order valence-corrected chi connectivity index (χ0v) is 21.4. The number of carbonyl (C=O) groups is 2. The van der Waals surface area contributed by atoms with Gasteiger partial charge in [-0.15, -0.1) is 0 Å². The third kappa shape index (κ3) is 4.56. The number of halogens is 1. The average Bonchev–Trinajstić information content (AvgIpc) is 3.13. The van der Waals surface area contributed by atoms with Gasteiger partial charge in [-0.3, -0.25) is 14.5 Å². The second kappa shape index (κ2) is 10.5. The SMILES string of the molecule is CCCOc1ccc(/C(O)=C2\C(=O)C(=O)N(c3ccc(OC)c(Cl)c3)C2c2ccccc2C)cc1C. The molecule has 1 heterocycles. The Morgan fingerprint density at radius 3 is 2.36 bits per heavy atom. The number of hydrogen-bond acceptors (Lipinski definition) is 5. The van der Waals surface area contributed by atoms with Gasteiger partial charge in [0.1, 0.15) is 17.3 Å². The third-order valence-corrected chi connectivity index (χ3v) is 6.55. The van der Waals surface area contributed by atoms with Gasteiger partial charge in [0.15, 0.2) is 0 Å². The van der Waals surface area contributed by atoms with Crippen molar-refractivity contribution in [3.8, 4) is 11.5 Å². The molecule has 0 saturated carbocycles. The fraction of sp³-hybridized carbons (Fsp3) is 0.241. The second-order valence-electron chi connectivity index (χ2n) is 8.67. The molecule has 1 aliphatic heterocycles. The van der Waals surface area contributed by atoms with Gasteiger partial charge in [0.25, 0.3) is 11.7 Å². The van der Waals surface area contributed by atoms with Crippen LogP contribution in [0.2, 0.25) is 5.02 Å². The summed E-state index contributed by atoms with van der Waals surface area (Å²) in [7, 11) is 1.50. The highest BCUT2D eigenvalue weighted by atomic mass is 35.5. The lowest BCUT2D eigenvalue weighted by Crippen LogP contribution is -2.29. The first kappa shape index (κ1) is 25.3. The van der Waals surface area contributed by atoms with E-state index < -0.39 is 17.7 Å². The molecule has 4 rings (SSSR count). The predicted octanol–water partition coefficient (Wildman–Crippen LogP) is 6.38. The smallest absolute Gasteiger partial charge is 0.300 e. The Morgan fingerprint density at radius 1 is 1.00 bits per heavy atom. The summed E-state index contributed by atoms with van der Waals surface area (Å²) in [5, 5.41) is 11.7. The number of methoxy groups -OCH3 is 1. The van der Waals surface area contributed by atoms with E-state index >= 15 is 0 Å². The van der Waals surface area contributed by atoms with E-state index in [1.807, 2.05) is 45.0 Å². The molecule has 36 heavy (non-hydrogen) atoms. The zero-order valence-electron chi connectivity index (χ0n) is 20.7. The van der Waals surface area contributed by atoms with E-state index in [1.54, 1.807) is 36.4 Å². The number of aliphatic hydroxyl groups excluding tert-OH is 1. The molecule has 1 fully saturated rings. The Labute approximate surface area is 215 Å². The second-order valence-corrected chi connectivity index (χ2v) is 9.08. The van der Waals surface area contributed by atoms with Crippen molar-refractivity contribution in [2.45, 2.75) is 33.2 Å². The summed E-state index contributed by atoms with van der Waals surface area (Å²) in [6.45, 7) is 6.38. The van der Waals surface area contributed by atoms with Gasteiger partial charge >= 0.3 is 0 Å². The Bertz CT molecular complexity index is 1360. The van der Waals surface area contributed by atoms with Gasteiger partial charge in [-0.25, -0.2) is 0 Å². The molecule has 1 unspecified atom stereocenters. The Balaban J connectivity index is 1.90. The van der Waals surface area contributed by atoms with Crippen molar-refractivity contribution in [3.05, 3.63) is 93.5 Å². The van der Waals surface area contributed by atoms with Crippen molar-refractivity contribution < 1.29 is 24.2 Å². The van der Waals surface area contributed by atoms with Crippen LogP contribution >= 0.6 is 11.6 Å². The number of carbonyl (C=O) groups excluding carboxylic acids is 2. The lowest BCUT2D eigenvalue weighted by Gasteiger charge is -2.27. The number of anilines is 1. The predicted molar refractivity (Wildman–Crippen MR) is 141 cm³/mol. The van der Waals surface area contributed by atoms with E-state index in [9.17, 15) is 14.7 Å². The molecule has 0 bridgehead atoms. The van der Waals surface area contributed by atoms with Crippen molar-refractivity contribution in [2.75, 3.05) is 18.6 Å². The number of Topliss-reactive ketones (excluding diaryl/α,β-unsaturated/α-hetero) is 1. The Hall–Kier alpha value is -3.77. The van der Waals surface area contributed by atoms with Crippen LogP contribution in [0.4, 0.5) is 5.69 Å². The van der Waals surface area contributed by atoms with E-state index in [-0.39, 0.29) is 11.3 Å². The van der Waals surface area contributed by atoms with E-state index in [0.717, 1.165) is 23.1 Å². The molecule has 0 aromatic heterocycles. The highest BCUT2D eigenvalue weighted by molar-refractivity contribution is 6.52. The molecule has 3 aromatic rings. The van der Waals surface area contributed by atoms with Gasteiger partial charge in [0.2, 0.25) is 0 Å². The molecule has 1 saturated heterocycles. The molecular weight excluding hydrogens is 478 g/mol. The van der Waals surface area contributed by atoms with E-state index in [4.69, 9.17) is 21.1 Å². The van der Waals surface area contributed by atoms with Crippen LogP contribution in [0.1, 0.15) is 41.6 Å². The molecule has 0 spiro atoms. The highest BCUT2D eigenvalue weighted by Gasteiger charge is 2.47. The van der Waals surface area contributed by atoms with Gasteiger partial charge in [-0.05, 0) is 73.4 Å².